The van der Waals surface area contributed by atoms with E-state index in [1.807, 2.05) is 18.4 Å². The van der Waals surface area contributed by atoms with Crippen LogP contribution >= 0.6 is 11.8 Å². The van der Waals surface area contributed by atoms with E-state index in [1.165, 1.54) is 17.8 Å². The molecule has 0 bridgehead atoms. The quantitative estimate of drug-likeness (QED) is 0.566. The minimum atomic E-state index is -3.87. The van der Waals surface area contributed by atoms with Crippen molar-refractivity contribution < 1.29 is 27.4 Å². The first-order valence-corrected chi connectivity index (χ1v) is 11.5. The van der Waals surface area contributed by atoms with Crippen LogP contribution in [0.2, 0.25) is 0 Å². The SMILES string of the molecule is CCOC(=O)C1=CC2(CCC1S(=O)(=O)Nc1ccccc1SC)OCCO2. The Hall–Kier alpha value is -1.55. The number of sulfonamides is 1. The van der Waals surface area contributed by atoms with Crippen molar-refractivity contribution in [1.82, 2.24) is 0 Å². The molecule has 27 heavy (non-hydrogen) atoms. The molecule has 0 radical (unpaired) electrons. The molecule has 7 nitrogen and oxygen atoms in total. The number of carbonyl (C=O) groups is 1. The van der Waals surface area contributed by atoms with E-state index >= 15 is 0 Å². The molecule has 1 aromatic carbocycles. The second kappa shape index (κ2) is 8.22. The molecule has 3 rings (SSSR count). The summed E-state index contributed by atoms with van der Waals surface area (Å²) in [5.74, 6) is -1.70. The molecule has 0 amide bonds. The number of thioether (sulfide) groups is 1. The summed E-state index contributed by atoms with van der Waals surface area (Å²) >= 11 is 1.44. The number of hydrogen-bond donors (Lipinski definition) is 1. The van der Waals surface area contributed by atoms with E-state index in [2.05, 4.69) is 4.72 Å². The Labute approximate surface area is 163 Å². The lowest BCUT2D eigenvalue weighted by Crippen LogP contribution is -2.42. The third-order valence-electron chi connectivity index (χ3n) is 4.50. The van der Waals surface area contributed by atoms with Crippen molar-refractivity contribution in [1.29, 1.82) is 0 Å². The number of nitrogens with one attached hydrogen (secondary N) is 1. The van der Waals surface area contributed by atoms with E-state index in [4.69, 9.17) is 14.2 Å². The van der Waals surface area contributed by atoms with Gasteiger partial charge in [-0.2, -0.15) is 0 Å². The van der Waals surface area contributed by atoms with E-state index < -0.39 is 27.0 Å². The van der Waals surface area contributed by atoms with Gasteiger partial charge < -0.3 is 14.2 Å². The van der Waals surface area contributed by atoms with Crippen LogP contribution in [0.4, 0.5) is 5.69 Å². The van der Waals surface area contributed by atoms with Crippen LogP contribution in [-0.2, 0) is 29.0 Å². The molecule has 148 valence electrons. The van der Waals surface area contributed by atoms with Crippen LogP contribution in [0.5, 0.6) is 0 Å². The van der Waals surface area contributed by atoms with Crippen molar-refractivity contribution in [2.75, 3.05) is 30.8 Å². The molecule has 2 aliphatic rings. The Morgan fingerprint density at radius 3 is 2.70 bits per heavy atom. The summed E-state index contributed by atoms with van der Waals surface area (Å²) < 4.78 is 45.2. The zero-order valence-corrected chi connectivity index (χ0v) is 16.9. The van der Waals surface area contributed by atoms with Crippen molar-refractivity contribution in [3.8, 4) is 0 Å². The summed E-state index contributed by atoms with van der Waals surface area (Å²) in [5, 5.41) is -1.04. The lowest BCUT2D eigenvalue weighted by molar-refractivity contribution is -0.143. The molecule has 1 heterocycles. The molecule has 9 heteroatoms. The first-order chi connectivity index (χ1) is 12.9. The normalized spacial score (nSPS) is 21.7. The number of esters is 1. The summed E-state index contributed by atoms with van der Waals surface area (Å²) in [6, 6.07) is 7.13. The summed E-state index contributed by atoms with van der Waals surface area (Å²) in [5.41, 5.74) is 0.543. The van der Waals surface area contributed by atoms with Crippen molar-refractivity contribution in [3.05, 3.63) is 35.9 Å². The van der Waals surface area contributed by atoms with Gasteiger partial charge in [0.15, 0.2) is 5.79 Å². The average Bonchev–Trinajstić information content (AvgIpc) is 3.09. The van der Waals surface area contributed by atoms with Gasteiger partial charge in [-0.05, 0) is 37.8 Å². The number of hydrogen-bond acceptors (Lipinski definition) is 7. The zero-order chi connectivity index (χ0) is 19.5. The number of benzene rings is 1. The topological polar surface area (TPSA) is 90.9 Å². The predicted octanol–water partition coefficient (Wildman–Crippen LogP) is 2.55. The van der Waals surface area contributed by atoms with Crippen LogP contribution in [0, 0.1) is 0 Å². The highest BCUT2D eigenvalue weighted by molar-refractivity contribution is 7.99. The van der Waals surface area contributed by atoms with Gasteiger partial charge in [0.2, 0.25) is 10.0 Å². The molecule has 1 N–H and O–H groups in total. The zero-order valence-electron chi connectivity index (χ0n) is 15.3. The average molecular weight is 414 g/mol. The fourth-order valence-corrected chi connectivity index (χ4v) is 5.44. The lowest BCUT2D eigenvalue weighted by atomic mass is 9.94. The van der Waals surface area contributed by atoms with E-state index in [1.54, 1.807) is 19.1 Å². The van der Waals surface area contributed by atoms with Gasteiger partial charge in [-0.1, -0.05) is 12.1 Å². The maximum atomic E-state index is 13.1. The van der Waals surface area contributed by atoms with Gasteiger partial charge >= 0.3 is 5.97 Å². The highest BCUT2D eigenvalue weighted by atomic mass is 32.2. The first-order valence-electron chi connectivity index (χ1n) is 8.73. The molecule has 1 aromatic rings. The fraction of sp³-hybridized carbons (Fsp3) is 0.500. The van der Waals surface area contributed by atoms with Crippen LogP contribution in [0.1, 0.15) is 19.8 Å². The van der Waals surface area contributed by atoms with Crippen LogP contribution < -0.4 is 4.72 Å². The monoisotopic (exact) mass is 413 g/mol. The Morgan fingerprint density at radius 1 is 1.33 bits per heavy atom. The van der Waals surface area contributed by atoms with Crippen molar-refractivity contribution in [2.24, 2.45) is 0 Å². The molecule has 1 fully saturated rings. The van der Waals surface area contributed by atoms with Gasteiger partial charge in [0, 0.05) is 11.3 Å². The maximum absolute atomic E-state index is 13.1. The Kier molecular flexibility index (Phi) is 6.15. The second-order valence-electron chi connectivity index (χ2n) is 6.20. The number of ether oxygens (including phenoxy) is 3. The molecule has 1 unspecified atom stereocenters. The van der Waals surface area contributed by atoms with Gasteiger partial charge in [-0.15, -0.1) is 11.8 Å². The third kappa shape index (κ3) is 4.31. The largest absolute Gasteiger partial charge is 0.463 e. The minimum absolute atomic E-state index is 0.0548. The molecule has 0 aromatic heterocycles. The van der Waals surface area contributed by atoms with E-state index in [9.17, 15) is 13.2 Å². The van der Waals surface area contributed by atoms with E-state index in [-0.39, 0.29) is 18.6 Å². The Morgan fingerprint density at radius 2 is 2.04 bits per heavy atom. The molecule has 1 saturated heterocycles. The predicted molar refractivity (Wildman–Crippen MR) is 103 cm³/mol. The summed E-state index contributed by atoms with van der Waals surface area (Å²) in [7, 11) is -3.87. The van der Waals surface area contributed by atoms with Crippen LogP contribution in [0.3, 0.4) is 0 Å². The molecule has 0 saturated carbocycles. The highest BCUT2D eigenvalue weighted by Gasteiger charge is 2.46. The molecule has 1 atom stereocenters. The molecular formula is C18H23NO6S2. The summed E-state index contributed by atoms with van der Waals surface area (Å²) in [6.45, 7) is 2.64. The third-order valence-corrected chi connectivity index (χ3v) is 7.04. The molecule has 1 spiro atoms. The van der Waals surface area contributed by atoms with E-state index in [0.717, 1.165) is 4.90 Å². The van der Waals surface area contributed by atoms with Crippen LogP contribution in [0.25, 0.3) is 0 Å². The highest BCUT2D eigenvalue weighted by Crippen LogP contribution is 2.38. The number of anilines is 1. The smallest absolute Gasteiger partial charge is 0.335 e. The van der Waals surface area contributed by atoms with Crippen molar-refractivity contribution in [3.63, 3.8) is 0 Å². The van der Waals surface area contributed by atoms with Gasteiger partial charge in [0.05, 0.1) is 31.1 Å². The standard InChI is InChI=1S/C18H23NO6S2/c1-3-23-17(20)13-12-18(24-10-11-25-18)9-8-16(13)27(21,22)19-14-6-4-5-7-15(14)26-2/h4-7,12,16,19H,3,8-11H2,1-2H3. The first kappa shape index (κ1) is 20.2. The Bertz CT molecular complexity index is 830. The number of rotatable bonds is 6. The Balaban J connectivity index is 1.93. The van der Waals surface area contributed by atoms with Gasteiger partial charge in [-0.25, -0.2) is 13.2 Å². The second-order valence-corrected chi connectivity index (χ2v) is 8.91. The van der Waals surface area contributed by atoms with Gasteiger partial charge in [-0.3, -0.25) is 4.72 Å². The minimum Gasteiger partial charge on any atom is -0.463 e. The lowest BCUT2D eigenvalue weighted by Gasteiger charge is -2.33. The molecule has 1 aliphatic heterocycles. The number of para-hydroxylation sites is 1. The molecular weight excluding hydrogens is 390 g/mol. The summed E-state index contributed by atoms with van der Waals surface area (Å²) in [4.78, 5) is 13.3. The van der Waals surface area contributed by atoms with E-state index in [0.29, 0.717) is 25.3 Å². The van der Waals surface area contributed by atoms with Crippen LogP contribution in [-0.4, -0.2) is 51.5 Å². The van der Waals surface area contributed by atoms with Gasteiger partial charge in [0.25, 0.3) is 0 Å². The van der Waals surface area contributed by atoms with Crippen molar-refractivity contribution >= 4 is 33.4 Å². The van der Waals surface area contributed by atoms with Crippen molar-refractivity contribution in [2.45, 2.75) is 35.7 Å². The molecule has 1 aliphatic carbocycles. The maximum Gasteiger partial charge on any atom is 0.335 e. The fourth-order valence-electron chi connectivity index (χ4n) is 3.27. The summed E-state index contributed by atoms with van der Waals surface area (Å²) in [6.07, 6.45) is 3.90. The number of carbonyl (C=O) groups excluding carboxylic acids is 1. The van der Waals surface area contributed by atoms with Crippen LogP contribution in [0.15, 0.2) is 40.8 Å². The van der Waals surface area contributed by atoms with Gasteiger partial charge in [0.1, 0.15) is 5.25 Å².